The summed E-state index contributed by atoms with van der Waals surface area (Å²) in [5, 5.41) is 2.79. The summed E-state index contributed by atoms with van der Waals surface area (Å²) in [6.07, 6.45) is 0.565. The molecule has 0 unspecified atom stereocenters. The fourth-order valence-electron chi connectivity index (χ4n) is 1.18. The van der Waals surface area contributed by atoms with E-state index in [1.807, 2.05) is 0 Å². The van der Waals surface area contributed by atoms with E-state index in [1.54, 1.807) is 27.8 Å². The van der Waals surface area contributed by atoms with Gasteiger partial charge in [-0.05, 0) is 34.2 Å². The highest BCUT2D eigenvalue weighted by Crippen LogP contribution is 2.10. The maximum absolute atomic E-state index is 11.4. The van der Waals surface area contributed by atoms with Gasteiger partial charge in [0.05, 0.1) is 7.11 Å². The maximum atomic E-state index is 11.4. The Morgan fingerprint density at radius 2 is 1.88 bits per heavy atom. The first kappa shape index (κ1) is 14.9. The molecule has 0 aromatic carbocycles. The number of likely N-dealkylation sites (N-methyl/N-ethyl adjacent to an activating group) is 1. The molecule has 0 aliphatic heterocycles. The Hall–Kier alpha value is -1.10. The van der Waals surface area contributed by atoms with Gasteiger partial charge in [-0.15, -0.1) is 0 Å². The zero-order valence-electron chi connectivity index (χ0n) is 10.6. The lowest BCUT2D eigenvalue weighted by Crippen LogP contribution is -2.36. The Bertz CT molecular complexity index is 245. The van der Waals surface area contributed by atoms with E-state index in [4.69, 9.17) is 4.74 Å². The van der Waals surface area contributed by atoms with Gasteiger partial charge in [-0.1, -0.05) is 0 Å². The van der Waals surface area contributed by atoms with E-state index < -0.39 is 11.6 Å². The van der Waals surface area contributed by atoms with Crippen molar-refractivity contribution in [3.63, 3.8) is 0 Å². The summed E-state index contributed by atoms with van der Waals surface area (Å²) in [5.41, 5.74) is -0.489. The highest BCUT2D eigenvalue weighted by molar-refractivity contribution is 5.77. The van der Waals surface area contributed by atoms with Crippen molar-refractivity contribution in [2.24, 2.45) is 0 Å². The number of carbonyl (C=O) groups excluding carboxylic acids is 2. The molecule has 0 aromatic rings. The lowest BCUT2D eigenvalue weighted by molar-refractivity contribution is -0.155. The zero-order chi connectivity index (χ0) is 12.8. The maximum Gasteiger partial charge on any atom is 0.322 e. The van der Waals surface area contributed by atoms with Gasteiger partial charge in [0, 0.05) is 6.42 Å². The minimum absolute atomic E-state index is 0.192. The SMILES string of the molecule is CN[C@H](CCC(=O)OC(C)(C)C)C(=O)OC. The van der Waals surface area contributed by atoms with Gasteiger partial charge in [-0.3, -0.25) is 9.59 Å². The standard InChI is InChI=1S/C11H21NO4/c1-11(2,3)16-9(13)7-6-8(12-4)10(14)15-5/h8,12H,6-7H2,1-5H3/t8-/m1/s1. The Labute approximate surface area is 96.5 Å². The first-order valence-electron chi connectivity index (χ1n) is 5.27. The number of methoxy groups -OCH3 is 1. The van der Waals surface area contributed by atoms with Crippen molar-refractivity contribution in [3.05, 3.63) is 0 Å². The largest absolute Gasteiger partial charge is 0.468 e. The van der Waals surface area contributed by atoms with Gasteiger partial charge in [0.15, 0.2) is 0 Å². The number of nitrogens with one attached hydrogen (secondary N) is 1. The van der Waals surface area contributed by atoms with Crippen molar-refractivity contribution in [2.75, 3.05) is 14.2 Å². The third-order valence-corrected chi connectivity index (χ3v) is 1.89. The molecule has 0 spiro atoms. The average molecular weight is 231 g/mol. The van der Waals surface area contributed by atoms with Crippen LogP contribution in [-0.4, -0.2) is 37.7 Å². The average Bonchev–Trinajstić information content (AvgIpc) is 2.15. The molecule has 1 N–H and O–H groups in total. The first-order valence-corrected chi connectivity index (χ1v) is 5.27. The highest BCUT2D eigenvalue weighted by Gasteiger charge is 2.21. The summed E-state index contributed by atoms with van der Waals surface area (Å²) in [6, 6.07) is -0.461. The summed E-state index contributed by atoms with van der Waals surface area (Å²) in [5.74, 6) is -0.678. The number of hydrogen-bond acceptors (Lipinski definition) is 5. The summed E-state index contributed by atoms with van der Waals surface area (Å²) < 4.78 is 9.71. The van der Waals surface area contributed by atoms with E-state index in [-0.39, 0.29) is 18.4 Å². The molecule has 0 heterocycles. The molecule has 0 saturated heterocycles. The summed E-state index contributed by atoms with van der Waals surface area (Å²) in [6.45, 7) is 5.42. The predicted octanol–water partition coefficient (Wildman–Crippen LogP) is 0.869. The second-order valence-corrected chi connectivity index (χ2v) is 4.49. The lowest BCUT2D eigenvalue weighted by Gasteiger charge is -2.20. The van der Waals surface area contributed by atoms with Gasteiger partial charge in [0.25, 0.3) is 0 Å². The number of rotatable bonds is 5. The van der Waals surface area contributed by atoms with Crippen LogP contribution in [0.1, 0.15) is 33.6 Å². The van der Waals surface area contributed by atoms with Crippen LogP contribution in [0.25, 0.3) is 0 Å². The molecule has 0 saturated carbocycles. The van der Waals surface area contributed by atoms with E-state index in [1.165, 1.54) is 7.11 Å². The molecule has 5 nitrogen and oxygen atoms in total. The molecule has 0 rings (SSSR count). The van der Waals surface area contributed by atoms with Crippen molar-refractivity contribution in [2.45, 2.75) is 45.3 Å². The quantitative estimate of drug-likeness (QED) is 0.711. The van der Waals surface area contributed by atoms with Crippen LogP contribution in [0.2, 0.25) is 0 Å². The Kier molecular flexibility index (Phi) is 6.03. The van der Waals surface area contributed by atoms with Crippen LogP contribution in [-0.2, 0) is 19.1 Å². The van der Waals surface area contributed by atoms with E-state index in [9.17, 15) is 9.59 Å². The molecule has 5 heteroatoms. The van der Waals surface area contributed by atoms with E-state index in [2.05, 4.69) is 10.1 Å². The van der Waals surface area contributed by atoms with Crippen LogP contribution in [0.4, 0.5) is 0 Å². The highest BCUT2D eigenvalue weighted by atomic mass is 16.6. The number of ether oxygens (including phenoxy) is 2. The monoisotopic (exact) mass is 231 g/mol. The van der Waals surface area contributed by atoms with Crippen LogP contribution in [0.5, 0.6) is 0 Å². The molecule has 94 valence electrons. The van der Waals surface area contributed by atoms with Crippen LogP contribution >= 0.6 is 0 Å². The third kappa shape index (κ3) is 6.40. The van der Waals surface area contributed by atoms with E-state index in [0.29, 0.717) is 6.42 Å². The fourth-order valence-corrected chi connectivity index (χ4v) is 1.18. The lowest BCUT2D eigenvalue weighted by atomic mass is 10.1. The van der Waals surface area contributed by atoms with Crippen LogP contribution in [0.3, 0.4) is 0 Å². The Balaban J connectivity index is 4.03. The first-order chi connectivity index (χ1) is 7.30. The molecule has 0 bridgehead atoms. The smallest absolute Gasteiger partial charge is 0.322 e. The molecule has 0 fully saturated rings. The summed E-state index contributed by atoms with van der Waals surface area (Å²) in [7, 11) is 2.97. The molecule has 0 aliphatic rings. The second-order valence-electron chi connectivity index (χ2n) is 4.49. The van der Waals surface area contributed by atoms with Crippen molar-refractivity contribution in [3.8, 4) is 0 Å². The molecule has 1 atom stereocenters. The number of hydrogen-bond donors (Lipinski definition) is 1. The van der Waals surface area contributed by atoms with Crippen molar-refractivity contribution >= 4 is 11.9 Å². The van der Waals surface area contributed by atoms with Gasteiger partial charge in [-0.2, -0.15) is 0 Å². The van der Waals surface area contributed by atoms with E-state index in [0.717, 1.165) is 0 Å². The fraction of sp³-hybridized carbons (Fsp3) is 0.818. The summed E-state index contributed by atoms with van der Waals surface area (Å²) in [4.78, 5) is 22.6. The topological polar surface area (TPSA) is 64.6 Å². The number of esters is 2. The van der Waals surface area contributed by atoms with Gasteiger partial charge in [0.1, 0.15) is 11.6 Å². The molecular formula is C11H21NO4. The molecule has 0 amide bonds. The van der Waals surface area contributed by atoms with E-state index >= 15 is 0 Å². The third-order valence-electron chi connectivity index (χ3n) is 1.89. The van der Waals surface area contributed by atoms with Crippen LogP contribution in [0, 0.1) is 0 Å². The van der Waals surface area contributed by atoms with Gasteiger partial charge >= 0.3 is 11.9 Å². The Morgan fingerprint density at radius 3 is 2.25 bits per heavy atom. The van der Waals surface area contributed by atoms with Crippen molar-refractivity contribution in [1.29, 1.82) is 0 Å². The summed E-state index contributed by atoms with van der Waals surface area (Å²) >= 11 is 0. The van der Waals surface area contributed by atoms with Crippen LogP contribution < -0.4 is 5.32 Å². The van der Waals surface area contributed by atoms with Crippen molar-refractivity contribution in [1.82, 2.24) is 5.32 Å². The normalized spacial score (nSPS) is 13.1. The van der Waals surface area contributed by atoms with Crippen molar-refractivity contribution < 1.29 is 19.1 Å². The molecule has 0 radical (unpaired) electrons. The van der Waals surface area contributed by atoms with Crippen LogP contribution in [0.15, 0.2) is 0 Å². The minimum atomic E-state index is -0.489. The molecule has 0 aromatic heterocycles. The minimum Gasteiger partial charge on any atom is -0.468 e. The predicted molar refractivity (Wildman–Crippen MR) is 59.9 cm³/mol. The molecule has 0 aliphatic carbocycles. The molecule has 16 heavy (non-hydrogen) atoms. The Morgan fingerprint density at radius 1 is 1.31 bits per heavy atom. The van der Waals surface area contributed by atoms with Gasteiger partial charge in [-0.25, -0.2) is 0 Å². The second kappa shape index (κ2) is 6.48. The molecular weight excluding hydrogens is 210 g/mol. The van der Waals surface area contributed by atoms with Gasteiger partial charge < -0.3 is 14.8 Å². The van der Waals surface area contributed by atoms with Gasteiger partial charge in [0.2, 0.25) is 0 Å². The number of carbonyl (C=O) groups is 2. The zero-order valence-corrected chi connectivity index (χ0v) is 10.6.